The Kier molecular flexibility index (Phi) is 6.26. The summed E-state index contributed by atoms with van der Waals surface area (Å²) >= 11 is 0. The third-order valence-corrected chi connectivity index (χ3v) is 5.58. The largest absolute Gasteiger partial charge is 0.486 e. The van der Waals surface area contributed by atoms with E-state index in [9.17, 15) is 4.79 Å². The molecule has 1 aromatic heterocycles. The Labute approximate surface area is 183 Å². The molecule has 2 atom stereocenters. The molecule has 3 aromatic rings. The molecule has 0 saturated carbocycles. The first-order valence-electron chi connectivity index (χ1n) is 10.8. The summed E-state index contributed by atoms with van der Waals surface area (Å²) in [6.45, 7) is 7.15. The number of rotatable bonds is 7. The molecule has 4 rings (SSSR count). The first kappa shape index (κ1) is 21.0. The number of nitrogens with zero attached hydrogens (tertiary/aromatic N) is 2. The average Bonchev–Trinajstić information content (AvgIpc) is 3.29. The highest BCUT2D eigenvalue weighted by atomic mass is 16.6. The van der Waals surface area contributed by atoms with E-state index in [1.54, 1.807) is 6.20 Å². The molecule has 6 heteroatoms. The van der Waals surface area contributed by atoms with Crippen molar-refractivity contribution < 1.29 is 14.3 Å². The Balaban J connectivity index is 1.60. The van der Waals surface area contributed by atoms with Crippen LogP contribution in [0.2, 0.25) is 0 Å². The van der Waals surface area contributed by atoms with Gasteiger partial charge in [-0.25, -0.2) is 4.98 Å². The van der Waals surface area contributed by atoms with Crippen LogP contribution in [0.3, 0.4) is 0 Å². The number of carbonyl (C=O) groups is 1. The molecular weight excluding hydrogens is 390 g/mol. The minimum Gasteiger partial charge on any atom is -0.486 e. The smallest absolute Gasteiger partial charge is 0.243 e. The van der Waals surface area contributed by atoms with Gasteiger partial charge in [-0.1, -0.05) is 50.2 Å². The van der Waals surface area contributed by atoms with Crippen molar-refractivity contribution in [3.63, 3.8) is 0 Å². The van der Waals surface area contributed by atoms with Gasteiger partial charge in [0.05, 0.1) is 6.04 Å². The predicted octanol–water partition coefficient (Wildman–Crippen LogP) is 4.44. The highest BCUT2D eigenvalue weighted by Gasteiger charge is 2.24. The van der Waals surface area contributed by atoms with Gasteiger partial charge < -0.3 is 19.4 Å². The molecule has 2 unspecified atom stereocenters. The number of hydrogen-bond acceptors (Lipinski definition) is 4. The van der Waals surface area contributed by atoms with Gasteiger partial charge in [0.2, 0.25) is 5.91 Å². The highest BCUT2D eigenvalue weighted by Crippen LogP contribution is 2.33. The van der Waals surface area contributed by atoms with Crippen molar-refractivity contribution in [3.8, 4) is 11.5 Å². The number of carbonyl (C=O) groups excluding carboxylic acids is 1. The van der Waals surface area contributed by atoms with Crippen molar-refractivity contribution >= 4 is 5.91 Å². The molecule has 31 heavy (non-hydrogen) atoms. The van der Waals surface area contributed by atoms with Gasteiger partial charge in [-0.05, 0) is 36.6 Å². The molecule has 0 fully saturated rings. The van der Waals surface area contributed by atoms with E-state index in [0.29, 0.717) is 19.6 Å². The van der Waals surface area contributed by atoms with Gasteiger partial charge in [-0.3, -0.25) is 4.79 Å². The van der Waals surface area contributed by atoms with Crippen molar-refractivity contribution in [1.29, 1.82) is 0 Å². The SMILES string of the molecule is CC(C)c1nccn1C(C)C(=O)NC(Cc1ccccc1)c1ccc2c(c1)OCCO2. The fourth-order valence-electron chi connectivity index (χ4n) is 3.90. The molecular formula is C25H29N3O3. The maximum absolute atomic E-state index is 13.3. The van der Waals surface area contributed by atoms with E-state index in [4.69, 9.17) is 9.47 Å². The first-order valence-corrected chi connectivity index (χ1v) is 10.8. The molecule has 162 valence electrons. The topological polar surface area (TPSA) is 65.4 Å². The highest BCUT2D eigenvalue weighted by molar-refractivity contribution is 5.80. The molecule has 0 radical (unpaired) electrons. The van der Waals surface area contributed by atoms with E-state index in [2.05, 4.69) is 36.3 Å². The Morgan fingerprint density at radius 3 is 2.55 bits per heavy atom. The Hall–Kier alpha value is -3.28. The molecule has 1 amide bonds. The summed E-state index contributed by atoms with van der Waals surface area (Å²) in [5.41, 5.74) is 2.14. The van der Waals surface area contributed by atoms with Crippen molar-refractivity contribution in [1.82, 2.24) is 14.9 Å². The number of ether oxygens (including phenoxy) is 2. The molecule has 2 heterocycles. The van der Waals surface area contributed by atoms with E-state index >= 15 is 0 Å². The number of fused-ring (bicyclic) bond motifs is 1. The van der Waals surface area contributed by atoms with Gasteiger partial charge in [0, 0.05) is 18.3 Å². The quantitative estimate of drug-likeness (QED) is 0.615. The number of hydrogen-bond donors (Lipinski definition) is 1. The minimum atomic E-state index is -0.365. The lowest BCUT2D eigenvalue weighted by molar-refractivity contribution is -0.124. The van der Waals surface area contributed by atoms with Crippen molar-refractivity contribution in [3.05, 3.63) is 77.9 Å². The number of benzene rings is 2. The van der Waals surface area contributed by atoms with Gasteiger partial charge in [0.1, 0.15) is 25.1 Å². The first-order chi connectivity index (χ1) is 15.0. The summed E-state index contributed by atoms with van der Waals surface area (Å²) in [6.07, 6.45) is 4.30. The van der Waals surface area contributed by atoms with E-state index in [1.807, 2.05) is 54.1 Å². The number of aromatic nitrogens is 2. The summed E-state index contributed by atoms with van der Waals surface area (Å²) in [6, 6.07) is 15.5. The maximum atomic E-state index is 13.3. The van der Waals surface area contributed by atoms with Crippen LogP contribution in [0.25, 0.3) is 0 Å². The fourth-order valence-corrected chi connectivity index (χ4v) is 3.90. The van der Waals surface area contributed by atoms with Gasteiger partial charge in [-0.2, -0.15) is 0 Å². The zero-order chi connectivity index (χ0) is 21.8. The van der Waals surface area contributed by atoms with Crippen molar-refractivity contribution in [2.45, 2.75) is 45.2 Å². The van der Waals surface area contributed by atoms with Gasteiger partial charge in [0.25, 0.3) is 0 Å². The summed E-state index contributed by atoms with van der Waals surface area (Å²) in [5.74, 6) is 2.56. The van der Waals surface area contributed by atoms with Crippen LogP contribution >= 0.6 is 0 Å². The second-order valence-corrected chi connectivity index (χ2v) is 8.18. The van der Waals surface area contributed by atoms with Gasteiger partial charge >= 0.3 is 0 Å². The average molecular weight is 420 g/mol. The molecule has 2 aromatic carbocycles. The van der Waals surface area contributed by atoms with E-state index in [-0.39, 0.29) is 23.9 Å². The predicted molar refractivity (Wildman–Crippen MR) is 119 cm³/mol. The molecule has 1 aliphatic rings. The molecule has 0 saturated heterocycles. The molecule has 6 nitrogen and oxygen atoms in total. The molecule has 0 aliphatic carbocycles. The lowest BCUT2D eigenvalue weighted by Crippen LogP contribution is -2.35. The van der Waals surface area contributed by atoms with Crippen LogP contribution in [-0.4, -0.2) is 28.7 Å². The zero-order valence-corrected chi connectivity index (χ0v) is 18.2. The third-order valence-electron chi connectivity index (χ3n) is 5.58. The fraction of sp³-hybridized carbons (Fsp3) is 0.360. The minimum absolute atomic E-state index is 0.0456. The lowest BCUT2D eigenvalue weighted by Gasteiger charge is -2.25. The van der Waals surface area contributed by atoms with Gasteiger partial charge in [-0.15, -0.1) is 0 Å². The number of nitrogens with one attached hydrogen (secondary N) is 1. The van der Waals surface area contributed by atoms with E-state index in [0.717, 1.165) is 28.5 Å². The Morgan fingerprint density at radius 1 is 1.06 bits per heavy atom. The second-order valence-electron chi connectivity index (χ2n) is 8.18. The van der Waals surface area contributed by atoms with Crippen molar-refractivity contribution in [2.24, 2.45) is 0 Å². The lowest BCUT2D eigenvalue weighted by atomic mass is 9.98. The zero-order valence-electron chi connectivity index (χ0n) is 18.2. The standard InChI is InChI=1S/C25H29N3O3/c1-17(2)24-26-11-12-28(24)18(3)25(29)27-21(15-19-7-5-4-6-8-19)20-9-10-22-23(16-20)31-14-13-30-22/h4-12,16-18,21H,13-15H2,1-3H3,(H,27,29). The van der Waals surface area contributed by atoms with Crippen LogP contribution in [0.4, 0.5) is 0 Å². The maximum Gasteiger partial charge on any atom is 0.243 e. The van der Waals surface area contributed by atoms with E-state index < -0.39 is 0 Å². The van der Waals surface area contributed by atoms with Crippen LogP contribution in [0.5, 0.6) is 11.5 Å². The monoisotopic (exact) mass is 419 g/mol. The molecule has 0 spiro atoms. The summed E-state index contributed by atoms with van der Waals surface area (Å²) in [7, 11) is 0. The summed E-state index contributed by atoms with van der Waals surface area (Å²) < 4.78 is 13.4. The van der Waals surface area contributed by atoms with E-state index in [1.165, 1.54) is 0 Å². The third kappa shape index (κ3) is 4.74. The van der Waals surface area contributed by atoms with Gasteiger partial charge in [0.15, 0.2) is 11.5 Å². The summed E-state index contributed by atoms with van der Waals surface area (Å²) in [5, 5.41) is 3.26. The van der Waals surface area contributed by atoms with Crippen LogP contribution in [0.15, 0.2) is 60.9 Å². The van der Waals surface area contributed by atoms with Crippen LogP contribution in [0, 0.1) is 0 Å². The molecule has 1 N–H and O–H groups in total. The second kappa shape index (κ2) is 9.25. The van der Waals surface area contributed by atoms with Crippen molar-refractivity contribution in [2.75, 3.05) is 13.2 Å². The normalized spacial score (nSPS) is 14.8. The van der Waals surface area contributed by atoms with Crippen LogP contribution < -0.4 is 14.8 Å². The Bertz CT molecular complexity index is 1030. The van der Waals surface area contributed by atoms with Crippen LogP contribution in [-0.2, 0) is 11.2 Å². The summed E-state index contributed by atoms with van der Waals surface area (Å²) in [4.78, 5) is 17.7. The Morgan fingerprint density at radius 2 is 1.81 bits per heavy atom. The molecule has 0 bridgehead atoms. The van der Waals surface area contributed by atoms with Crippen LogP contribution in [0.1, 0.15) is 55.7 Å². The number of imidazole rings is 1. The molecule has 1 aliphatic heterocycles. The number of amides is 1.